The van der Waals surface area contributed by atoms with Gasteiger partial charge in [0.1, 0.15) is 12.6 Å². The molecule has 2 heteroatoms. The zero-order valence-corrected chi connectivity index (χ0v) is 5.25. The highest BCUT2D eigenvalue weighted by atomic mass is 16.1. The van der Waals surface area contributed by atoms with Crippen LogP contribution in [0.3, 0.4) is 0 Å². The summed E-state index contributed by atoms with van der Waals surface area (Å²) < 4.78 is 0. The van der Waals surface area contributed by atoms with E-state index in [4.69, 9.17) is 0 Å². The highest BCUT2D eigenvalue weighted by molar-refractivity contribution is 5.53. The van der Waals surface area contributed by atoms with Crippen molar-refractivity contribution in [2.24, 2.45) is 11.8 Å². The predicted molar refractivity (Wildman–Crippen MR) is 33.0 cm³/mol. The van der Waals surface area contributed by atoms with E-state index >= 15 is 0 Å². The molecule has 1 aliphatic carbocycles. The topological polar surface area (TPSA) is 34.1 Å². The quantitative estimate of drug-likeness (QED) is 0.522. The molecule has 0 radical (unpaired) electrons. The summed E-state index contributed by atoms with van der Waals surface area (Å²) in [4.78, 5) is 19.8. The predicted octanol–water partition coefficient (Wildman–Crippen LogP) is 0.800. The number of hydrogen-bond donors (Lipinski definition) is 0. The largest absolute Gasteiger partial charge is 0.303 e. The van der Waals surface area contributed by atoms with E-state index in [2.05, 4.69) is 0 Å². The molecule has 1 rings (SSSR count). The fraction of sp³-hybridized carbons (Fsp3) is 0.714. The standard InChI is InChI=1S/C7H10O2/c8-3-1-6-5-7(6)2-4-9/h3-4,6-7H,1-2,5H2. The van der Waals surface area contributed by atoms with Gasteiger partial charge in [-0.3, -0.25) is 0 Å². The van der Waals surface area contributed by atoms with Crippen LogP contribution in [0.2, 0.25) is 0 Å². The summed E-state index contributed by atoms with van der Waals surface area (Å²) in [5.74, 6) is 1.07. The Morgan fingerprint density at radius 2 is 1.56 bits per heavy atom. The molecule has 0 heterocycles. The van der Waals surface area contributed by atoms with Crippen LogP contribution in [0.5, 0.6) is 0 Å². The summed E-state index contributed by atoms with van der Waals surface area (Å²) in [6.45, 7) is 0. The third kappa shape index (κ3) is 1.63. The van der Waals surface area contributed by atoms with Crippen molar-refractivity contribution in [1.29, 1.82) is 0 Å². The molecule has 0 aromatic heterocycles. The lowest BCUT2D eigenvalue weighted by atomic mass is 10.2. The molecule has 50 valence electrons. The van der Waals surface area contributed by atoms with E-state index in [1.54, 1.807) is 0 Å². The molecule has 0 amide bonds. The van der Waals surface area contributed by atoms with Crippen molar-refractivity contribution < 1.29 is 9.59 Å². The summed E-state index contributed by atoms with van der Waals surface area (Å²) in [7, 11) is 0. The minimum Gasteiger partial charge on any atom is -0.303 e. The first-order valence-corrected chi connectivity index (χ1v) is 3.25. The summed E-state index contributed by atoms with van der Waals surface area (Å²) >= 11 is 0. The first kappa shape index (κ1) is 6.46. The van der Waals surface area contributed by atoms with Gasteiger partial charge in [0, 0.05) is 12.8 Å². The van der Waals surface area contributed by atoms with Gasteiger partial charge in [0.2, 0.25) is 0 Å². The normalized spacial score (nSPS) is 31.6. The Morgan fingerprint density at radius 1 is 1.11 bits per heavy atom. The van der Waals surface area contributed by atoms with Gasteiger partial charge in [0.05, 0.1) is 0 Å². The van der Waals surface area contributed by atoms with E-state index in [-0.39, 0.29) is 0 Å². The highest BCUT2D eigenvalue weighted by Gasteiger charge is 2.35. The molecule has 9 heavy (non-hydrogen) atoms. The molecule has 0 spiro atoms. The Labute approximate surface area is 54.2 Å². The Balaban J connectivity index is 2.09. The van der Waals surface area contributed by atoms with Gasteiger partial charge in [0.15, 0.2) is 0 Å². The monoisotopic (exact) mass is 126 g/mol. The maximum Gasteiger partial charge on any atom is 0.120 e. The van der Waals surface area contributed by atoms with Crippen molar-refractivity contribution in [3.8, 4) is 0 Å². The van der Waals surface area contributed by atoms with Crippen molar-refractivity contribution >= 4 is 12.6 Å². The van der Waals surface area contributed by atoms with Crippen LogP contribution in [0.1, 0.15) is 19.3 Å². The third-order valence-corrected chi connectivity index (χ3v) is 1.87. The van der Waals surface area contributed by atoms with E-state index in [1.807, 2.05) is 0 Å². The van der Waals surface area contributed by atoms with Crippen molar-refractivity contribution in [2.45, 2.75) is 19.3 Å². The lowest BCUT2D eigenvalue weighted by Crippen LogP contribution is -1.84. The van der Waals surface area contributed by atoms with Crippen molar-refractivity contribution in [2.75, 3.05) is 0 Å². The van der Waals surface area contributed by atoms with Gasteiger partial charge in [-0.1, -0.05) is 0 Å². The van der Waals surface area contributed by atoms with Crippen LogP contribution in [0.4, 0.5) is 0 Å². The van der Waals surface area contributed by atoms with Crippen LogP contribution in [-0.4, -0.2) is 12.6 Å². The molecule has 2 atom stereocenters. The maximum atomic E-state index is 9.92. The van der Waals surface area contributed by atoms with Crippen LogP contribution in [0.15, 0.2) is 0 Å². The van der Waals surface area contributed by atoms with E-state index < -0.39 is 0 Å². The average Bonchev–Trinajstić information content (AvgIpc) is 2.50. The second kappa shape index (κ2) is 2.76. The molecule has 2 nitrogen and oxygen atoms in total. The number of rotatable bonds is 4. The van der Waals surface area contributed by atoms with E-state index in [0.29, 0.717) is 24.7 Å². The maximum absolute atomic E-state index is 9.92. The fourth-order valence-corrected chi connectivity index (χ4v) is 1.13. The van der Waals surface area contributed by atoms with Crippen LogP contribution < -0.4 is 0 Å². The number of hydrogen-bond acceptors (Lipinski definition) is 2. The van der Waals surface area contributed by atoms with Crippen LogP contribution in [0, 0.1) is 11.8 Å². The number of carbonyl (C=O) groups excluding carboxylic acids is 2. The van der Waals surface area contributed by atoms with Gasteiger partial charge < -0.3 is 9.59 Å². The SMILES string of the molecule is O=CCC1CC1CC=O. The number of carbonyl (C=O) groups is 2. The van der Waals surface area contributed by atoms with Gasteiger partial charge in [-0.15, -0.1) is 0 Å². The van der Waals surface area contributed by atoms with Crippen molar-refractivity contribution in [1.82, 2.24) is 0 Å². The lowest BCUT2D eigenvalue weighted by Gasteiger charge is -1.84. The summed E-state index contributed by atoms with van der Waals surface area (Å²) in [6, 6.07) is 0. The Hall–Kier alpha value is -0.660. The Bertz CT molecular complexity index is 106. The molecule has 1 saturated carbocycles. The molecule has 0 aromatic carbocycles. The van der Waals surface area contributed by atoms with Gasteiger partial charge in [-0.05, 0) is 18.3 Å². The van der Waals surface area contributed by atoms with Crippen LogP contribution in [0.25, 0.3) is 0 Å². The summed E-state index contributed by atoms with van der Waals surface area (Å²) in [5, 5.41) is 0. The zero-order chi connectivity index (χ0) is 6.69. The third-order valence-electron chi connectivity index (χ3n) is 1.87. The second-order valence-electron chi connectivity index (χ2n) is 2.56. The van der Waals surface area contributed by atoms with Crippen LogP contribution in [-0.2, 0) is 9.59 Å². The van der Waals surface area contributed by atoms with E-state index in [9.17, 15) is 9.59 Å². The van der Waals surface area contributed by atoms with Crippen molar-refractivity contribution in [3.63, 3.8) is 0 Å². The lowest BCUT2D eigenvalue weighted by molar-refractivity contribution is -0.109. The average molecular weight is 126 g/mol. The zero-order valence-electron chi connectivity index (χ0n) is 5.25. The molecule has 0 saturated heterocycles. The fourth-order valence-electron chi connectivity index (χ4n) is 1.13. The molecule has 0 aliphatic heterocycles. The molecule has 2 unspecified atom stereocenters. The first-order valence-electron chi connectivity index (χ1n) is 3.25. The minimum atomic E-state index is 0.535. The Morgan fingerprint density at radius 3 is 1.89 bits per heavy atom. The highest BCUT2D eigenvalue weighted by Crippen LogP contribution is 2.42. The van der Waals surface area contributed by atoms with E-state index in [1.165, 1.54) is 0 Å². The van der Waals surface area contributed by atoms with Gasteiger partial charge in [-0.25, -0.2) is 0 Å². The molecule has 1 fully saturated rings. The first-order chi connectivity index (χ1) is 4.38. The summed E-state index contributed by atoms with van der Waals surface area (Å²) in [6.07, 6.45) is 4.26. The molecule has 0 bridgehead atoms. The molecule has 0 N–H and O–H groups in total. The van der Waals surface area contributed by atoms with Gasteiger partial charge in [0.25, 0.3) is 0 Å². The van der Waals surface area contributed by atoms with Gasteiger partial charge in [-0.2, -0.15) is 0 Å². The molecular formula is C7H10O2. The molecular weight excluding hydrogens is 116 g/mol. The van der Waals surface area contributed by atoms with Gasteiger partial charge >= 0.3 is 0 Å². The molecule has 1 aliphatic rings. The second-order valence-corrected chi connectivity index (χ2v) is 2.56. The smallest absolute Gasteiger partial charge is 0.120 e. The minimum absolute atomic E-state index is 0.535. The molecule has 0 aromatic rings. The van der Waals surface area contributed by atoms with Crippen molar-refractivity contribution in [3.05, 3.63) is 0 Å². The van der Waals surface area contributed by atoms with E-state index in [0.717, 1.165) is 19.0 Å². The summed E-state index contributed by atoms with van der Waals surface area (Å²) in [5.41, 5.74) is 0. The number of aldehydes is 2. The Kier molecular flexibility index (Phi) is 1.98. The van der Waals surface area contributed by atoms with Crippen LogP contribution >= 0.6 is 0 Å².